The van der Waals surface area contributed by atoms with Gasteiger partial charge in [0.05, 0.1) is 18.3 Å². The molecule has 1 atom stereocenters. The number of amides is 1. The van der Waals surface area contributed by atoms with Crippen LogP contribution in [0.5, 0.6) is 0 Å². The Morgan fingerprint density at radius 1 is 1.50 bits per heavy atom. The molecule has 0 aliphatic carbocycles. The van der Waals surface area contributed by atoms with Crippen molar-refractivity contribution >= 4 is 11.8 Å². The summed E-state index contributed by atoms with van der Waals surface area (Å²) in [4.78, 5) is 12.8. The number of nitrogens with zero attached hydrogens (tertiary/aromatic N) is 1. The monoisotopic (exact) mass is 285 g/mol. The van der Waals surface area contributed by atoms with Crippen molar-refractivity contribution in [3.05, 3.63) is 29.6 Å². The minimum absolute atomic E-state index is 0.0808. The first-order valence-electron chi connectivity index (χ1n) is 6.04. The molecule has 1 amide bonds. The Hall–Kier alpha value is -1.70. The van der Waals surface area contributed by atoms with Crippen molar-refractivity contribution in [2.45, 2.75) is 12.3 Å². The summed E-state index contributed by atoms with van der Waals surface area (Å²) < 4.78 is 28.9. The first-order chi connectivity index (χ1) is 9.62. The van der Waals surface area contributed by atoms with Crippen molar-refractivity contribution in [1.82, 2.24) is 0 Å². The summed E-state index contributed by atoms with van der Waals surface area (Å²) in [5, 5.41) is 9.20. The number of carbonyl (C=O) groups is 1. The van der Waals surface area contributed by atoms with Gasteiger partial charge in [0.1, 0.15) is 12.4 Å². The molecule has 0 bridgehead atoms. The topological polar surface area (TPSA) is 68.2 Å². The van der Waals surface area contributed by atoms with Gasteiger partial charge in [-0.05, 0) is 18.2 Å². The lowest BCUT2D eigenvalue weighted by atomic mass is 10.1. The number of aliphatic hydroxyl groups excluding tert-OH is 1. The van der Waals surface area contributed by atoms with E-state index in [4.69, 9.17) is 14.2 Å². The summed E-state index contributed by atoms with van der Waals surface area (Å²) in [7, 11) is 2.81. The third-order valence-corrected chi connectivity index (χ3v) is 3.12. The highest BCUT2D eigenvalue weighted by atomic mass is 19.1. The Morgan fingerprint density at radius 2 is 2.20 bits per heavy atom. The SMILES string of the molecule is COC(OC)c1ccc(N2C(=O)OC[C@@H]2CO)cc1F. The highest BCUT2D eigenvalue weighted by Crippen LogP contribution is 2.28. The molecule has 1 fully saturated rings. The molecule has 2 rings (SSSR count). The molecule has 0 unspecified atom stereocenters. The van der Waals surface area contributed by atoms with E-state index in [1.165, 1.54) is 31.3 Å². The molecular weight excluding hydrogens is 269 g/mol. The second-order valence-electron chi connectivity index (χ2n) is 4.29. The van der Waals surface area contributed by atoms with Gasteiger partial charge in [-0.3, -0.25) is 4.90 Å². The number of hydrogen-bond donors (Lipinski definition) is 1. The Morgan fingerprint density at radius 3 is 2.75 bits per heavy atom. The number of carbonyl (C=O) groups excluding carboxylic acids is 1. The van der Waals surface area contributed by atoms with Gasteiger partial charge < -0.3 is 19.3 Å². The number of anilines is 1. The van der Waals surface area contributed by atoms with Gasteiger partial charge in [-0.2, -0.15) is 0 Å². The van der Waals surface area contributed by atoms with Crippen LogP contribution in [0.25, 0.3) is 0 Å². The summed E-state index contributed by atoms with van der Waals surface area (Å²) in [5.74, 6) is -0.562. The van der Waals surface area contributed by atoms with E-state index in [9.17, 15) is 14.3 Å². The zero-order valence-corrected chi connectivity index (χ0v) is 11.2. The van der Waals surface area contributed by atoms with Crippen molar-refractivity contribution in [3.8, 4) is 0 Å². The third-order valence-electron chi connectivity index (χ3n) is 3.12. The lowest BCUT2D eigenvalue weighted by Gasteiger charge is -2.21. The minimum Gasteiger partial charge on any atom is -0.447 e. The van der Waals surface area contributed by atoms with E-state index < -0.39 is 24.2 Å². The lowest BCUT2D eigenvalue weighted by molar-refractivity contribution is -0.107. The maximum absolute atomic E-state index is 14.1. The number of aliphatic hydroxyl groups is 1. The lowest BCUT2D eigenvalue weighted by Crippen LogP contribution is -2.36. The molecule has 1 aliphatic rings. The summed E-state index contributed by atoms with van der Waals surface area (Å²) in [5.41, 5.74) is 0.547. The molecule has 1 aromatic rings. The summed E-state index contributed by atoms with van der Waals surface area (Å²) in [6, 6.07) is 3.71. The van der Waals surface area contributed by atoms with E-state index in [0.717, 1.165) is 0 Å². The number of methoxy groups -OCH3 is 2. The number of cyclic esters (lactones) is 1. The van der Waals surface area contributed by atoms with Crippen LogP contribution in [0.2, 0.25) is 0 Å². The van der Waals surface area contributed by atoms with Crippen LogP contribution < -0.4 is 4.90 Å². The second-order valence-corrected chi connectivity index (χ2v) is 4.29. The van der Waals surface area contributed by atoms with Gasteiger partial charge in [-0.25, -0.2) is 9.18 Å². The third kappa shape index (κ3) is 2.60. The molecule has 7 heteroatoms. The normalized spacial score (nSPS) is 18.8. The predicted octanol–water partition coefficient (Wildman–Crippen LogP) is 1.43. The van der Waals surface area contributed by atoms with Crippen LogP contribution in [0, 0.1) is 5.82 Å². The highest BCUT2D eigenvalue weighted by Gasteiger charge is 2.34. The van der Waals surface area contributed by atoms with Gasteiger partial charge in [0.25, 0.3) is 0 Å². The summed E-state index contributed by atoms with van der Waals surface area (Å²) >= 11 is 0. The molecule has 110 valence electrons. The highest BCUT2D eigenvalue weighted by molar-refractivity contribution is 5.90. The first-order valence-corrected chi connectivity index (χ1v) is 6.04. The zero-order chi connectivity index (χ0) is 14.7. The van der Waals surface area contributed by atoms with Gasteiger partial charge in [0.2, 0.25) is 0 Å². The van der Waals surface area contributed by atoms with Crippen molar-refractivity contribution in [3.63, 3.8) is 0 Å². The molecule has 1 saturated heterocycles. The molecule has 1 heterocycles. The van der Waals surface area contributed by atoms with Crippen molar-refractivity contribution in [2.24, 2.45) is 0 Å². The maximum atomic E-state index is 14.1. The van der Waals surface area contributed by atoms with Crippen LogP contribution in [0.15, 0.2) is 18.2 Å². The molecular formula is C13H16FNO5. The van der Waals surface area contributed by atoms with Gasteiger partial charge in [0.15, 0.2) is 6.29 Å². The molecule has 1 aromatic carbocycles. The first kappa shape index (κ1) is 14.7. The van der Waals surface area contributed by atoms with Gasteiger partial charge >= 0.3 is 6.09 Å². The molecule has 0 aromatic heterocycles. The fourth-order valence-corrected chi connectivity index (χ4v) is 2.12. The Labute approximate surface area is 115 Å². The molecule has 6 nitrogen and oxygen atoms in total. The average Bonchev–Trinajstić information content (AvgIpc) is 2.82. The maximum Gasteiger partial charge on any atom is 0.414 e. The number of benzene rings is 1. The Bertz CT molecular complexity index is 492. The minimum atomic E-state index is -0.816. The van der Waals surface area contributed by atoms with Gasteiger partial charge in [0, 0.05) is 19.8 Å². The molecule has 1 N–H and O–H groups in total. The van der Waals surface area contributed by atoms with Gasteiger partial charge in [-0.1, -0.05) is 0 Å². The fraction of sp³-hybridized carbons (Fsp3) is 0.462. The standard InChI is InChI=1S/C13H16FNO5/c1-18-12(19-2)10-4-3-8(5-11(10)14)15-9(6-16)7-20-13(15)17/h3-5,9,12,16H,6-7H2,1-2H3/t9-/m0/s1. The molecule has 20 heavy (non-hydrogen) atoms. The molecule has 0 saturated carbocycles. The number of hydrogen-bond acceptors (Lipinski definition) is 5. The zero-order valence-electron chi connectivity index (χ0n) is 11.2. The van der Waals surface area contributed by atoms with Crippen LogP contribution in [0.1, 0.15) is 11.9 Å². The number of halogens is 1. The fourth-order valence-electron chi connectivity index (χ4n) is 2.12. The molecule has 0 spiro atoms. The molecule has 1 aliphatic heterocycles. The summed E-state index contributed by atoms with van der Waals surface area (Å²) in [6.07, 6.45) is -1.42. The smallest absolute Gasteiger partial charge is 0.414 e. The van der Waals surface area contributed by atoms with E-state index in [0.29, 0.717) is 5.69 Å². The van der Waals surface area contributed by atoms with Crippen LogP contribution in [0.3, 0.4) is 0 Å². The van der Waals surface area contributed by atoms with Crippen LogP contribution in [0.4, 0.5) is 14.9 Å². The average molecular weight is 285 g/mol. The quantitative estimate of drug-likeness (QED) is 0.829. The van der Waals surface area contributed by atoms with Crippen molar-refractivity contribution in [1.29, 1.82) is 0 Å². The van der Waals surface area contributed by atoms with Crippen molar-refractivity contribution in [2.75, 3.05) is 32.3 Å². The summed E-state index contributed by atoms with van der Waals surface area (Å²) in [6.45, 7) is -0.175. The molecule has 0 radical (unpaired) electrons. The Kier molecular flexibility index (Phi) is 4.53. The van der Waals surface area contributed by atoms with E-state index in [1.54, 1.807) is 6.07 Å². The Balaban J connectivity index is 2.31. The number of rotatable bonds is 5. The van der Waals surface area contributed by atoms with E-state index in [2.05, 4.69) is 0 Å². The number of ether oxygens (including phenoxy) is 3. The van der Waals surface area contributed by atoms with Crippen molar-refractivity contribution < 1.29 is 28.5 Å². The van der Waals surface area contributed by atoms with Crippen LogP contribution >= 0.6 is 0 Å². The van der Waals surface area contributed by atoms with Gasteiger partial charge in [-0.15, -0.1) is 0 Å². The second kappa shape index (κ2) is 6.17. The van der Waals surface area contributed by atoms with Crippen LogP contribution in [-0.4, -0.2) is 44.7 Å². The largest absolute Gasteiger partial charge is 0.447 e. The van der Waals surface area contributed by atoms with E-state index in [1.807, 2.05) is 0 Å². The van der Waals surface area contributed by atoms with Crippen LogP contribution in [-0.2, 0) is 14.2 Å². The van der Waals surface area contributed by atoms with E-state index >= 15 is 0 Å². The van der Waals surface area contributed by atoms with E-state index in [-0.39, 0.29) is 18.8 Å². The predicted molar refractivity (Wildman–Crippen MR) is 67.9 cm³/mol.